The van der Waals surface area contributed by atoms with Crippen molar-refractivity contribution in [3.8, 4) is 0 Å². The average Bonchev–Trinajstić information content (AvgIpc) is 2.38. The van der Waals surface area contributed by atoms with E-state index in [-0.39, 0.29) is 18.1 Å². The van der Waals surface area contributed by atoms with E-state index in [9.17, 15) is 9.59 Å². The predicted octanol–water partition coefficient (Wildman–Crippen LogP) is 2.17. The fourth-order valence-corrected chi connectivity index (χ4v) is 3.31. The van der Waals surface area contributed by atoms with Crippen LogP contribution in [-0.2, 0) is 4.79 Å². The number of piperidine rings is 2. The molecule has 2 heterocycles. The van der Waals surface area contributed by atoms with E-state index in [1.54, 1.807) is 4.90 Å². The molecule has 0 aromatic carbocycles. The summed E-state index contributed by atoms with van der Waals surface area (Å²) >= 11 is 0. The molecule has 0 saturated carbocycles. The number of rotatable bonds is 1. The van der Waals surface area contributed by atoms with Crippen LogP contribution in [-0.4, -0.2) is 52.1 Å². The predicted molar refractivity (Wildman–Crippen MR) is 71.9 cm³/mol. The van der Waals surface area contributed by atoms with Crippen molar-refractivity contribution >= 4 is 12.0 Å². The Bertz CT molecular complexity index is 349. The van der Waals surface area contributed by atoms with Crippen molar-refractivity contribution < 1.29 is 14.7 Å². The van der Waals surface area contributed by atoms with Crippen LogP contribution < -0.4 is 0 Å². The lowest BCUT2D eigenvalue weighted by Gasteiger charge is -2.43. The number of amides is 2. The van der Waals surface area contributed by atoms with Gasteiger partial charge in [0.15, 0.2) is 0 Å². The van der Waals surface area contributed by atoms with Gasteiger partial charge >= 0.3 is 12.0 Å². The number of carboxylic acids is 1. The molecule has 5 heteroatoms. The summed E-state index contributed by atoms with van der Waals surface area (Å²) in [6, 6.07) is 0.563. The summed E-state index contributed by atoms with van der Waals surface area (Å²) in [6.45, 7) is 5.24. The van der Waals surface area contributed by atoms with Gasteiger partial charge in [-0.3, -0.25) is 4.79 Å². The van der Waals surface area contributed by atoms with E-state index in [1.807, 2.05) is 4.90 Å². The van der Waals surface area contributed by atoms with E-state index in [0.29, 0.717) is 19.5 Å². The second kappa shape index (κ2) is 5.80. The monoisotopic (exact) mass is 268 g/mol. The Morgan fingerprint density at radius 1 is 1.05 bits per heavy atom. The van der Waals surface area contributed by atoms with Gasteiger partial charge in [0, 0.05) is 25.2 Å². The number of carbonyl (C=O) groups excluding carboxylic acids is 1. The number of carboxylic acid groups (broad SMARTS) is 1. The molecule has 0 bridgehead atoms. The van der Waals surface area contributed by atoms with E-state index in [0.717, 1.165) is 19.3 Å². The maximum atomic E-state index is 12.6. The Labute approximate surface area is 114 Å². The molecular weight excluding hydrogens is 244 g/mol. The van der Waals surface area contributed by atoms with Crippen LogP contribution in [0.5, 0.6) is 0 Å². The largest absolute Gasteiger partial charge is 0.481 e. The maximum absolute atomic E-state index is 12.6. The summed E-state index contributed by atoms with van der Waals surface area (Å²) in [5.41, 5.74) is 0. The highest BCUT2D eigenvalue weighted by Crippen LogP contribution is 2.26. The highest BCUT2D eigenvalue weighted by Gasteiger charge is 2.35. The van der Waals surface area contributed by atoms with Crippen molar-refractivity contribution in [3.63, 3.8) is 0 Å². The Morgan fingerprint density at radius 3 is 2.26 bits per heavy atom. The molecule has 0 spiro atoms. The molecule has 0 aromatic heterocycles. The third kappa shape index (κ3) is 3.01. The van der Waals surface area contributed by atoms with Gasteiger partial charge in [0.05, 0.1) is 5.92 Å². The van der Waals surface area contributed by atoms with Crippen LogP contribution in [0.1, 0.15) is 46.0 Å². The minimum Gasteiger partial charge on any atom is -0.481 e. The summed E-state index contributed by atoms with van der Waals surface area (Å²) in [5.74, 6) is -1.18. The molecule has 2 saturated heterocycles. The van der Waals surface area contributed by atoms with Gasteiger partial charge in [-0.05, 0) is 46.0 Å². The topological polar surface area (TPSA) is 60.9 Å². The van der Waals surface area contributed by atoms with E-state index < -0.39 is 11.9 Å². The standard InChI is InChI=1S/C14H24N2O3/c1-10-5-3-6-11(2)16(10)14(19)15-8-4-7-12(9-15)13(17)18/h10-12H,3-9H2,1-2H3,(H,17,18)/t10-,11+,12-/m0/s1. The number of nitrogens with zero attached hydrogens (tertiary/aromatic N) is 2. The number of carbonyl (C=O) groups is 2. The molecule has 108 valence electrons. The molecule has 2 rings (SSSR count). The molecular formula is C14H24N2O3. The smallest absolute Gasteiger partial charge is 0.320 e. The van der Waals surface area contributed by atoms with Crippen molar-refractivity contribution in [1.82, 2.24) is 9.80 Å². The minimum absolute atomic E-state index is 0.0330. The SMILES string of the molecule is C[C@@H]1CCC[C@H](C)N1C(=O)N1CCC[C@H](C(=O)O)C1. The molecule has 0 radical (unpaired) electrons. The molecule has 2 aliphatic rings. The van der Waals surface area contributed by atoms with Crippen molar-refractivity contribution in [1.29, 1.82) is 0 Å². The van der Waals surface area contributed by atoms with Crippen LogP contribution in [0.25, 0.3) is 0 Å². The summed E-state index contributed by atoms with van der Waals surface area (Å²) in [6.07, 6.45) is 4.74. The molecule has 2 amide bonds. The lowest BCUT2D eigenvalue weighted by molar-refractivity contribution is -0.143. The zero-order valence-corrected chi connectivity index (χ0v) is 11.8. The van der Waals surface area contributed by atoms with E-state index in [2.05, 4.69) is 13.8 Å². The van der Waals surface area contributed by atoms with Gasteiger partial charge in [0.25, 0.3) is 0 Å². The van der Waals surface area contributed by atoms with Crippen molar-refractivity contribution in [2.75, 3.05) is 13.1 Å². The van der Waals surface area contributed by atoms with Crippen molar-refractivity contribution in [2.45, 2.75) is 58.0 Å². The Morgan fingerprint density at radius 2 is 1.68 bits per heavy atom. The second-order valence-corrected chi connectivity index (χ2v) is 5.94. The number of hydrogen-bond donors (Lipinski definition) is 1. The summed E-state index contributed by atoms with van der Waals surface area (Å²) in [5, 5.41) is 9.10. The fourth-order valence-electron chi connectivity index (χ4n) is 3.31. The normalized spacial score (nSPS) is 32.2. The molecule has 2 aliphatic heterocycles. The molecule has 1 N–H and O–H groups in total. The van der Waals surface area contributed by atoms with E-state index in [4.69, 9.17) is 5.11 Å². The lowest BCUT2D eigenvalue weighted by atomic mass is 9.96. The number of urea groups is 1. The van der Waals surface area contributed by atoms with Crippen LogP contribution in [0.3, 0.4) is 0 Å². The van der Waals surface area contributed by atoms with E-state index >= 15 is 0 Å². The third-order valence-corrected chi connectivity index (χ3v) is 4.46. The van der Waals surface area contributed by atoms with Gasteiger partial charge in [-0.25, -0.2) is 4.79 Å². The lowest BCUT2D eigenvalue weighted by Crippen LogP contribution is -2.55. The summed E-state index contributed by atoms with van der Waals surface area (Å²) in [7, 11) is 0. The molecule has 0 aliphatic carbocycles. The van der Waals surface area contributed by atoms with Gasteiger partial charge in [0.1, 0.15) is 0 Å². The first kappa shape index (κ1) is 14.2. The van der Waals surface area contributed by atoms with Gasteiger partial charge in [-0.1, -0.05) is 0 Å². The van der Waals surface area contributed by atoms with Gasteiger partial charge in [-0.2, -0.15) is 0 Å². The third-order valence-electron chi connectivity index (χ3n) is 4.46. The van der Waals surface area contributed by atoms with Crippen LogP contribution >= 0.6 is 0 Å². The number of hydrogen-bond acceptors (Lipinski definition) is 2. The Kier molecular flexibility index (Phi) is 4.32. The first-order valence-corrected chi connectivity index (χ1v) is 7.30. The highest BCUT2D eigenvalue weighted by molar-refractivity contribution is 5.77. The molecule has 0 aromatic rings. The second-order valence-electron chi connectivity index (χ2n) is 5.94. The Balaban J connectivity index is 2.03. The van der Waals surface area contributed by atoms with Crippen LogP contribution in [0.2, 0.25) is 0 Å². The quantitative estimate of drug-likeness (QED) is 0.792. The molecule has 3 atom stereocenters. The fraction of sp³-hybridized carbons (Fsp3) is 0.857. The van der Waals surface area contributed by atoms with Crippen molar-refractivity contribution in [3.05, 3.63) is 0 Å². The summed E-state index contributed by atoms with van der Waals surface area (Å²) in [4.78, 5) is 27.4. The van der Waals surface area contributed by atoms with Crippen LogP contribution in [0, 0.1) is 5.92 Å². The van der Waals surface area contributed by atoms with Crippen LogP contribution in [0.4, 0.5) is 4.79 Å². The van der Waals surface area contributed by atoms with Gasteiger partial charge in [-0.15, -0.1) is 0 Å². The zero-order chi connectivity index (χ0) is 14.0. The van der Waals surface area contributed by atoms with Gasteiger partial charge in [0.2, 0.25) is 0 Å². The highest BCUT2D eigenvalue weighted by atomic mass is 16.4. The first-order valence-electron chi connectivity index (χ1n) is 7.30. The van der Waals surface area contributed by atoms with Crippen molar-refractivity contribution in [2.24, 2.45) is 5.92 Å². The van der Waals surface area contributed by atoms with E-state index in [1.165, 1.54) is 6.42 Å². The van der Waals surface area contributed by atoms with Gasteiger partial charge < -0.3 is 14.9 Å². The molecule has 5 nitrogen and oxygen atoms in total. The molecule has 0 unspecified atom stereocenters. The summed E-state index contributed by atoms with van der Waals surface area (Å²) < 4.78 is 0. The minimum atomic E-state index is -0.780. The number of aliphatic carboxylic acids is 1. The number of likely N-dealkylation sites (tertiary alicyclic amines) is 2. The zero-order valence-electron chi connectivity index (χ0n) is 11.8. The Hall–Kier alpha value is -1.26. The first-order chi connectivity index (χ1) is 9.00. The average molecular weight is 268 g/mol. The molecule has 19 heavy (non-hydrogen) atoms. The molecule has 2 fully saturated rings. The maximum Gasteiger partial charge on any atom is 0.320 e. The van der Waals surface area contributed by atoms with Crippen LogP contribution in [0.15, 0.2) is 0 Å².